The first-order valence-electron chi connectivity index (χ1n) is 7.65. The van der Waals surface area contributed by atoms with Crippen molar-refractivity contribution < 1.29 is 9.13 Å². The van der Waals surface area contributed by atoms with Gasteiger partial charge in [0, 0.05) is 25.2 Å². The number of anilines is 2. The van der Waals surface area contributed by atoms with E-state index in [1.54, 1.807) is 6.07 Å². The maximum atomic E-state index is 13.8. The summed E-state index contributed by atoms with van der Waals surface area (Å²) in [5.74, 6) is 1.55. The van der Waals surface area contributed by atoms with Crippen LogP contribution in [0.25, 0.3) is 0 Å². The third-order valence-electron chi connectivity index (χ3n) is 4.61. The van der Waals surface area contributed by atoms with Crippen molar-refractivity contribution >= 4 is 11.4 Å². The van der Waals surface area contributed by atoms with Crippen molar-refractivity contribution in [1.82, 2.24) is 0 Å². The highest BCUT2D eigenvalue weighted by molar-refractivity contribution is 5.70. The van der Waals surface area contributed by atoms with Crippen LogP contribution in [-0.4, -0.2) is 19.7 Å². The Morgan fingerprint density at radius 3 is 2.65 bits per heavy atom. The average Bonchev–Trinajstić information content (AvgIpc) is 2.98. The number of hydrogen-bond donors (Lipinski definition) is 1. The first-order valence-corrected chi connectivity index (χ1v) is 7.65. The second kappa shape index (κ2) is 5.51. The molecule has 1 aromatic carbocycles. The summed E-state index contributed by atoms with van der Waals surface area (Å²) < 4.78 is 19.3. The molecule has 1 aromatic rings. The number of halogens is 1. The predicted octanol–water partition coefficient (Wildman–Crippen LogP) is 3.43. The Kier molecular flexibility index (Phi) is 3.72. The van der Waals surface area contributed by atoms with E-state index in [-0.39, 0.29) is 5.82 Å². The zero-order valence-corrected chi connectivity index (χ0v) is 12.1. The van der Waals surface area contributed by atoms with Gasteiger partial charge in [-0.1, -0.05) is 13.3 Å². The quantitative estimate of drug-likeness (QED) is 0.858. The SMILES string of the molecule is CCCOc1cc(N2CC3CCCC3C2)c(N)cc1F. The summed E-state index contributed by atoms with van der Waals surface area (Å²) in [4.78, 5) is 2.31. The molecule has 0 bridgehead atoms. The Labute approximate surface area is 119 Å². The largest absolute Gasteiger partial charge is 0.490 e. The third kappa shape index (κ3) is 2.43. The topological polar surface area (TPSA) is 38.5 Å². The van der Waals surface area contributed by atoms with Gasteiger partial charge >= 0.3 is 0 Å². The Balaban J connectivity index is 1.82. The van der Waals surface area contributed by atoms with Gasteiger partial charge in [0.15, 0.2) is 11.6 Å². The highest BCUT2D eigenvalue weighted by Gasteiger charge is 2.36. The van der Waals surface area contributed by atoms with Crippen molar-refractivity contribution in [3.05, 3.63) is 17.9 Å². The number of fused-ring (bicyclic) bond motifs is 1. The zero-order valence-electron chi connectivity index (χ0n) is 12.1. The van der Waals surface area contributed by atoms with Crippen LogP contribution in [0.1, 0.15) is 32.6 Å². The van der Waals surface area contributed by atoms with Crippen LogP contribution >= 0.6 is 0 Å². The standard InChI is InChI=1S/C16H23FN2O/c1-2-6-20-16-8-15(14(18)7-13(16)17)19-9-11-4-3-5-12(11)10-19/h7-8,11-12H,2-6,9-10,18H2,1H3. The smallest absolute Gasteiger partial charge is 0.167 e. The van der Waals surface area contributed by atoms with Crippen LogP contribution in [0.15, 0.2) is 12.1 Å². The molecular weight excluding hydrogens is 255 g/mol. The molecule has 4 heteroatoms. The molecule has 0 amide bonds. The fourth-order valence-corrected chi connectivity index (χ4v) is 3.59. The van der Waals surface area contributed by atoms with Gasteiger partial charge in [-0.05, 0) is 31.1 Å². The number of nitrogens with two attached hydrogens (primary N) is 1. The molecule has 0 radical (unpaired) electrons. The minimum atomic E-state index is -0.362. The van der Waals surface area contributed by atoms with Gasteiger partial charge in [-0.2, -0.15) is 0 Å². The van der Waals surface area contributed by atoms with E-state index in [9.17, 15) is 4.39 Å². The first-order chi connectivity index (χ1) is 9.69. The van der Waals surface area contributed by atoms with Gasteiger partial charge in [0.05, 0.1) is 18.0 Å². The summed E-state index contributed by atoms with van der Waals surface area (Å²) in [7, 11) is 0. The summed E-state index contributed by atoms with van der Waals surface area (Å²) in [6, 6.07) is 3.18. The third-order valence-corrected chi connectivity index (χ3v) is 4.61. The number of rotatable bonds is 4. The number of hydrogen-bond acceptors (Lipinski definition) is 3. The fourth-order valence-electron chi connectivity index (χ4n) is 3.59. The van der Waals surface area contributed by atoms with Crippen LogP contribution in [0.5, 0.6) is 5.75 Å². The Morgan fingerprint density at radius 1 is 1.30 bits per heavy atom. The van der Waals surface area contributed by atoms with Gasteiger partial charge in [-0.15, -0.1) is 0 Å². The average molecular weight is 278 g/mol. The summed E-state index contributed by atoms with van der Waals surface area (Å²) in [5, 5.41) is 0. The van der Waals surface area contributed by atoms with Crippen molar-refractivity contribution in [2.24, 2.45) is 11.8 Å². The first kappa shape index (κ1) is 13.5. The lowest BCUT2D eigenvalue weighted by atomic mass is 10.0. The normalized spacial score (nSPS) is 25.0. The highest BCUT2D eigenvalue weighted by atomic mass is 19.1. The molecule has 1 aliphatic carbocycles. The van der Waals surface area contributed by atoms with Crippen LogP contribution in [0.2, 0.25) is 0 Å². The summed E-state index contributed by atoms with van der Waals surface area (Å²) in [6.07, 6.45) is 4.86. The molecule has 2 N–H and O–H groups in total. The Bertz CT molecular complexity index is 480. The van der Waals surface area contributed by atoms with Gasteiger partial charge in [0.2, 0.25) is 0 Å². The molecule has 110 valence electrons. The molecule has 2 aliphatic rings. The van der Waals surface area contributed by atoms with E-state index >= 15 is 0 Å². The number of nitrogen functional groups attached to an aromatic ring is 1. The van der Waals surface area contributed by atoms with E-state index in [0.717, 1.165) is 37.0 Å². The maximum Gasteiger partial charge on any atom is 0.167 e. The second-order valence-electron chi connectivity index (χ2n) is 6.05. The van der Waals surface area contributed by atoms with Crippen molar-refractivity contribution in [2.45, 2.75) is 32.6 Å². The number of benzene rings is 1. The van der Waals surface area contributed by atoms with Crippen molar-refractivity contribution in [1.29, 1.82) is 0 Å². The minimum absolute atomic E-state index is 0.327. The van der Waals surface area contributed by atoms with Gasteiger partial charge in [-0.25, -0.2) is 4.39 Å². The fraction of sp³-hybridized carbons (Fsp3) is 0.625. The van der Waals surface area contributed by atoms with Crippen LogP contribution in [-0.2, 0) is 0 Å². The molecule has 0 aromatic heterocycles. The number of nitrogens with zero attached hydrogens (tertiary/aromatic N) is 1. The minimum Gasteiger partial charge on any atom is -0.490 e. The summed E-state index contributed by atoms with van der Waals surface area (Å²) in [5.41, 5.74) is 7.47. The van der Waals surface area contributed by atoms with Gasteiger partial charge in [-0.3, -0.25) is 0 Å². The van der Waals surface area contributed by atoms with Gasteiger partial charge < -0.3 is 15.4 Å². The Hall–Kier alpha value is -1.45. The molecule has 1 heterocycles. The summed E-state index contributed by atoms with van der Waals surface area (Å²) in [6.45, 7) is 4.64. The molecule has 2 atom stereocenters. The van der Waals surface area contributed by atoms with E-state index in [1.807, 2.05) is 6.92 Å². The van der Waals surface area contributed by atoms with Crippen molar-refractivity contribution in [3.8, 4) is 5.75 Å². The van der Waals surface area contributed by atoms with E-state index in [4.69, 9.17) is 10.5 Å². The maximum absolute atomic E-state index is 13.8. The monoisotopic (exact) mass is 278 g/mol. The lowest BCUT2D eigenvalue weighted by Crippen LogP contribution is -2.22. The predicted molar refractivity (Wildman–Crippen MR) is 79.6 cm³/mol. The van der Waals surface area contributed by atoms with E-state index < -0.39 is 0 Å². The van der Waals surface area contributed by atoms with Crippen molar-refractivity contribution in [2.75, 3.05) is 30.3 Å². The van der Waals surface area contributed by atoms with Gasteiger partial charge in [0.25, 0.3) is 0 Å². The van der Waals surface area contributed by atoms with E-state index in [1.165, 1.54) is 25.3 Å². The molecule has 1 saturated carbocycles. The second-order valence-corrected chi connectivity index (χ2v) is 6.05. The Morgan fingerprint density at radius 2 is 2.00 bits per heavy atom. The molecule has 2 fully saturated rings. The lowest BCUT2D eigenvalue weighted by molar-refractivity contribution is 0.301. The van der Waals surface area contributed by atoms with Crippen LogP contribution in [0, 0.1) is 17.7 Å². The molecule has 1 aliphatic heterocycles. The van der Waals surface area contributed by atoms with E-state index in [0.29, 0.717) is 18.0 Å². The molecule has 3 rings (SSSR count). The zero-order chi connectivity index (χ0) is 14.1. The molecule has 1 saturated heterocycles. The van der Waals surface area contributed by atoms with Gasteiger partial charge in [0.1, 0.15) is 0 Å². The summed E-state index contributed by atoms with van der Waals surface area (Å²) >= 11 is 0. The number of ether oxygens (including phenoxy) is 1. The molecule has 20 heavy (non-hydrogen) atoms. The molecule has 2 unspecified atom stereocenters. The van der Waals surface area contributed by atoms with E-state index in [2.05, 4.69) is 4.90 Å². The van der Waals surface area contributed by atoms with Crippen LogP contribution < -0.4 is 15.4 Å². The highest BCUT2D eigenvalue weighted by Crippen LogP contribution is 2.42. The lowest BCUT2D eigenvalue weighted by Gasteiger charge is -2.22. The van der Waals surface area contributed by atoms with Crippen LogP contribution in [0.4, 0.5) is 15.8 Å². The van der Waals surface area contributed by atoms with Crippen LogP contribution in [0.3, 0.4) is 0 Å². The molecular formula is C16H23FN2O. The van der Waals surface area contributed by atoms with Crippen molar-refractivity contribution in [3.63, 3.8) is 0 Å². The molecule has 0 spiro atoms. The molecule has 3 nitrogen and oxygen atoms in total.